The van der Waals surface area contributed by atoms with Gasteiger partial charge in [-0.1, -0.05) is 20.4 Å². The number of fused-ring (bicyclic) bond motifs is 1. The summed E-state index contributed by atoms with van der Waals surface area (Å²) < 4.78 is 4.18. The van der Waals surface area contributed by atoms with E-state index in [1.807, 2.05) is 43.5 Å². The topological polar surface area (TPSA) is 60.4 Å². The molecule has 2 fully saturated rings. The molecule has 27 heavy (non-hydrogen) atoms. The summed E-state index contributed by atoms with van der Waals surface area (Å²) in [6, 6.07) is 2.24. The SMILES string of the molecule is C=C1C2=CN(c3cnc(N4CCCC4)cn3)NC2CN1c1ccns1.CC. The van der Waals surface area contributed by atoms with Crippen molar-refractivity contribution in [1.82, 2.24) is 19.8 Å². The molecule has 3 aliphatic heterocycles. The van der Waals surface area contributed by atoms with Gasteiger partial charge in [-0.25, -0.2) is 15.4 Å². The van der Waals surface area contributed by atoms with Gasteiger partial charge in [0.2, 0.25) is 0 Å². The summed E-state index contributed by atoms with van der Waals surface area (Å²) in [5.74, 6) is 1.77. The van der Waals surface area contributed by atoms with Crippen LogP contribution in [0.1, 0.15) is 26.7 Å². The van der Waals surface area contributed by atoms with Crippen molar-refractivity contribution in [1.29, 1.82) is 0 Å². The summed E-state index contributed by atoms with van der Waals surface area (Å²) in [6.45, 7) is 11.3. The average Bonchev–Trinajstić information content (AvgIpc) is 3.50. The minimum atomic E-state index is 0.217. The van der Waals surface area contributed by atoms with Crippen LogP contribution < -0.4 is 20.2 Å². The fourth-order valence-corrected chi connectivity index (χ4v) is 4.25. The molecule has 0 saturated carbocycles. The van der Waals surface area contributed by atoms with E-state index < -0.39 is 0 Å². The Kier molecular flexibility index (Phi) is 5.09. The molecule has 2 aromatic heterocycles. The maximum Gasteiger partial charge on any atom is 0.165 e. The van der Waals surface area contributed by atoms with Crippen LogP contribution in [0.25, 0.3) is 0 Å². The van der Waals surface area contributed by atoms with Crippen molar-refractivity contribution >= 4 is 28.2 Å². The van der Waals surface area contributed by atoms with Gasteiger partial charge in [0, 0.05) is 43.3 Å². The minimum absolute atomic E-state index is 0.217. The van der Waals surface area contributed by atoms with E-state index in [1.54, 1.807) is 0 Å². The highest BCUT2D eigenvalue weighted by molar-refractivity contribution is 7.10. The highest BCUT2D eigenvalue weighted by Crippen LogP contribution is 2.36. The quantitative estimate of drug-likeness (QED) is 0.873. The maximum atomic E-state index is 4.59. The summed E-state index contributed by atoms with van der Waals surface area (Å²) in [5, 5.41) is 3.08. The molecule has 0 bridgehead atoms. The zero-order valence-corrected chi connectivity index (χ0v) is 16.6. The van der Waals surface area contributed by atoms with Gasteiger partial charge >= 0.3 is 0 Å². The molecule has 142 valence electrons. The lowest BCUT2D eigenvalue weighted by Crippen LogP contribution is -2.39. The highest BCUT2D eigenvalue weighted by Gasteiger charge is 2.37. The molecule has 3 aliphatic rings. The number of rotatable bonds is 3. The van der Waals surface area contributed by atoms with Crippen LogP contribution in [-0.4, -0.2) is 40.0 Å². The van der Waals surface area contributed by atoms with E-state index in [0.29, 0.717) is 0 Å². The van der Waals surface area contributed by atoms with Crippen molar-refractivity contribution in [3.63, 3.8) is 0 Å². The van der Waals surface area contributed by atoms with Gasteiger partial charge in [-0.3, -0.25) is 5.01 Å². The van der Waals surface area contributed by atoms with Crippen molar-refractivity contribution in [3.05, 3.63) is 48.7 Å². The third-order valence-electron chi connectivity index (χ3n) is 4.95. The van der Waals surface area contributed by atoms with Crippen LogP contribution in [-0.2, 0) is 0 Å². The molecule has 1 N–H and O–H groups in total. The molecular formula is C19H25N7S. The summed E-state index contributed by atoms with van der Waals surface area (Å²) in [6.07, 6.45) is 10.1. The van der Waals surface area contributed by atoms with E-state index in [0.717, 1.165) is 42.0 Å². The Labute approximate surface area is 164 Å². The second-order valence-electron chi connectivity index (χ2n) is 6.47. The van der Waals surface area contributed by atoms with Crippen molar-refractivity contribution in [2.75, 3.05) is 34.4 Å². The largest absolute Gasteiger partial charge is 0.355 e. The van der Waals surface area contributed by atoms with Crippen LogP contribution in [0.2, 0.25) is 0 Å². The first-order valence-corrected chi connectivity index (χ1v) is 10.3. The lowest BCUT2D eigenvalue weighted by Gasteiger charge is -2.22. The molecule has 0 amide bonds. The summed E-state index contributed by atoms with van der Waals surface area (Å²) in [7, 11) is 0. The Hall–Kier alpha value is -2.45. The van der Waals surface area contributed by atoms with Crippen molar-refractivity contribution < 1.29 is 0 Å². The summed E-state index contributed by atoms with van der Waals surface area (Å²) in [4.78, 5) is 13.7. The van der Waals surface area contributed by atoms with Gasteiger partial charge in [0.25, 0.3) is 0 Å². The van der Waals surface area contributed by atoms with Crippen LogP contribution in [0, 0.1) is 0 Å². The number of hydrogen-bond donors (Lipinski definition) is 1. The highest BCUT2D eigenvalue weighted by atomic mass is 32.1. The van der Waals surface area contributed by atoms with Gasteiger partial charge in [-0.05, 0) is 30.4 Å². The fourth-order valence-electron chi connectivity index (χ4n) is 3.62. The average molecular weight is 384 g/mol. The van der Waals surface area contributed by atoms with Crippen molar-refractivity contribution in [2.45, 2.75) is 32.7 Å². The van der Waals surface area contributed by atoms with E-state index in [1.165, 1.54) is 29.9 Å². The Morgan fingerprint density at radius 2 is 1.89 bits per heavy atom. The van der Waals surface area contributed by atoms with Crippen molar-refractivity contribution in [3.8, 4) is 0 Å². The Morgan fingerprint density at radius 1 is 1.15 bits per heavy atom. The van der Waals surface area contributed by atoms with Gasteiger partial charge in [0.1, 0.15) is 10.8 Å². The zero-order valence-electron chi connectivity index (χ0n) is 15.8. The van der Waals surface area contributed by atoms with E-state index in [-0.39, 0.29) is 6.04 Å². The zero-order chi connectivity index (χ0) is 18.8. The first-order valence-electron chi connectivity index (χ1n) is 9.51. The van der Waals surface area contributed by atoms with Gasteiger partial charge in [0.05, 0.1) is 18.4 Å². The van der Waals surface area contributed by atoms with Crippen LogP contribution in [0.4, 0.5) is 16.6 Å². The van der Waals surface area contributed by atoms with Crippen LogP contribution >= 0.6 is 11.5 Å². The van der Waals surface area contributed by atoms with E-state index in [4.69, 9.17) is 0 Å². The number of aromatic nitrogens is 3. The molecule has 1 atom stereocenters. The van der Waals surface area contributed by atoms with Crippen LogP contribution in [0.5, 0.6) is 0 Å². The Balaban J connectivity index is 0.000000872. The van der Waals surface area contributed by atoms with Crippen LogP contribution in [0.15, 0.2) is 48.7 Å². The second-order valence-corrected chi connectivity index (χ2v) is 7.28. The first kappa shape index (κ1) is 17.9. The molecule has 1 unspecified atom stereocenters. The second kappa shape index (κ2) is 7.66. The Bertz CT molecular complexity index is 809. The molecular weight excluding hydrogens is 358 g/mol. The predicted octanol–water partition coefficient (Wildman–Crippen LogP) is 3.17. The minimum Gasteiger partial charge on any atom is -0.355 e. The number of hydrazine groups is 1. The standard InChI is InChI=1S/C17H19N7S.C2H6/c1-12-13-10-24(21-14(13)11-23(12)17-4-5-20-25-17)16-9-18-15(8-19-16)22-6-2-3-7-22;1-2/h4-5,8-10,14,21H,1-3,6-7,11H2;1-2H3. The molecule has 0 radical (unpaired) electrons. The molecule has 0 spiro atoms. The van der Waals surface area contributed by atoms with E-state index >= 15 is 0 Å². The van der Waals surface area contributed by atoms with Gasteiger partial charge in [-0.15, -0.1) is 0 Å². The summed E-state index contributed by atoms with van der Waals surface area (Å²) >= 11 is 1.49. The predicted molar refractivity (Wildman–Crippen MR) is 111 cm³/mol. The fraction of sp³-hybridized carbons (Fsp3) is 0.421. The lowest BCUT2D eigenvalue weighted by atomic mass is 10.2. The third kappa shape index (κ3) is 3.30. The molecule has 0 aliphatic carbocycles. The molecule has 8 heteroatoms. The van der Waals surface area contributed by atoms with Crippen molar-refractivity contribution in [2.24, 2.45) is 0 Å². The molecule has 2 saturated heterocycles. The lowest BCUT2D eigenvalue weighted by molar-refractivity contribution is 0.647. The van der Waals surface area contributed by atoms with Gasteiger partial charge in [0.15, 0.2) is 5.82 Å². The smallest absolute Gasteiger partial charge is 0.165 e. The van der Waals surface area contributed by atoms with Crippen LogP contribution in [0.3, 0.4) is 0 Å². The molecule has 2 aromatic rings. The van der Waals surface area contributed by atoms with Gasteiger partial charge in [-0.2, -0.15) is 4.37 Å². The normalized spacial score (nSPS) is 21.3. The third-order valence-corrected chi connectivity index (χ3v) is 5.73. The Morgan fingerprint density at radius 3 is 2.52 bits per heavy atom. The van der Waals surface area contributed by atoms with Gasteiger partial charge < -0.3 is 9.80 Å². The molecule has 7 nitrogen and oxygen atoms in total. The monoisotopic (exact) mass is 383 g/mol. The molecule has 0 aromatic carbocycles. The first-order chi connectivity index (χ1) is 13.3. The van der Waals surface area contributed by atoms with E-state index in [2.05, 4.69) is 42.3 Å². The number of anilines is 3. The number of nitrogens with one attached hydrogen (secondary N) is 1. The molecule has 5 heterocycles. The molecule has 5 rings (SSSR count). The number of nitrogens with zero attached hydrogens (tertiary/aromatic N) is 6. The van der Waals surface area contributed by atoms with E-state index in [9.17, 15) is 0 Å². The summed E-state index contributed by atoms with van der Waals surface area (Å²) in [5.41, 5.74) is 5.70. The maximum absolute atomic E-state index is 4.59. The number of hydrogen-bond acceptors (Lipinski definition) is 8.